The molecular formula is C9H14BrNO2. The Hall–Kier alpha value is -0.530. The Kier molecular flexibility index (Phi) is 5.04. The maximum atomic E-state index is 10.9. The van der Waals surface area contributed by atoms with E-state index in [4.69, 9.17) is 0 Å². The molecule has 0 saturated carbocycles. The number of halogens is 1. The number of carbonyl (C=O) groups excluding carboxylic acids is 1. The van der Waals surface area contributed by atoms with Crippen LogP contribution in [0.25, 0.3) is 0 Å². The van der Waals surface area contributed by atoms with Gasteiger partial charge in [0, 0.05) is 27.9 Å². The third kappa shape index (κ3) is 7.82. The van der Waals surface area contributed by atoms with E-state index < -0.39 is 5.60 Å². The molecule has 0 aromatic heterocycles. The summed E-state index contributed by atoms with van der Waals surface area (Å²) >= 11 is 2.83. The molecule has 2 N–H and O–H groups in total. The van der Waals surface area contributed by atoms with E-state index >= 15 is 0 Å². The molecule has 1 unspecified atom stereocenters. The Labute approximate surface area is 87.0 Å². The lowest BCUT2D eigenvalue weighted by Crippen LogP contribution is -2.37. The number of hydrogen-bond acceptors (Lipinski definition) is 2. The molecule has 0 radical (unpaired) electrons. The third-order valence-electron chi connectivity index (χ3n) is 1.34. The zero-order chi connectivity index (χ0) is 10.5. The normalized spacial score (nSPS) is 12.7. The van der Waals surface area contributed by atoms with Crippen molar-refractivity contribution >= 4 is 21.8 Å². The van der Waals surface area contributed by atoms with Crippen LogP contribution in [0.1, 0.15) is 27.2 Å². The van der Waals surface area contributed by atoms with E-state index in [2.05, 4.69) is 32.0 Å². The van der Waals surface area contributed by atoms with E-state index in [1.165, 1.54) is 0 Å². The van der Waals surface area contributed by atoms with Crippen LogP contribution in [0.2, 0.25) is 0 Å². The van der Waals surface area contributed by atoms with Crippen LogP contribution >= 0.6 is 15.9 Å². The molecule has 1 atom stereocenters. The second kappa shape index (κ2) is 5.25. The first kappa shape index (κ1) is 12.5. The lowest BCUT2D eigenvalue weighted by molar-refractivity contribution is -0.116. The van der Waals surface area contributed by atoms with Crippen LogP contribution in [0.5, 0.6) is 0 Å². The van der Waals surface area contributed by atoms with Gasteiger partial charge < -0.3 is 10.4 Å². The highest BCUT2D eigenvalue weighted by Gasteiger charge is 2.17. The van der Waals surface area contributed by atoms with Crippen LogP contribution in [-0.2, 0) is 4.79 Å². The molecule has 0 aliphatic carbocycles. The summed E-state index contributed by atoms with van der Waals surface area (Å²) in [6.07, 6.45) is 0.503. The lowest BCUT2D eigenvalue weighted by Gasteiger charge is -2.21. The highest BCUT2D eigenvalue weighted by molar-refractivity contribution is 9.12. The molecule has 0 spiro atoms. The molecule has 74 valence electrons. The fourth-order valence-corrected chi connectivity index (χ4v) is 1.28. The second-order valence-corrected chi connectivity index (χ2v) is 4.01. The van der Waals surface area contributed by atoms with E-state index in [1.54, 1.807) is 13.8 Å². The van der Waals surface area contributed by atoms with Gasteiger partial charge in [-0.1, -0.05) is 0 Å². The highest BCUT2D eigenvalue weighted by atomic mass is 79.9. The maximum absolute atomic E-state index is 10.9. The van der Waals surface area contributed by atoms with Crippen molar-refractivity contribution in [3.8, 4) is 10.8 Å². The first-order valence-corrected chi connectivity index (χ1v) is 4.79. The van der Waals surface area contributed by atoms with Crippen LogP contribution in [0, 0.1) is 10.8 Å². The molecule has 0 aromatic carbocycles. The second-order valence-electron chi connectivity index (χ2n) is 3.61. The molecule has 13 heavy (non-hydrogen) atoms. The Morgan fingerprint density at radius 2 is 2.23 bits per heavy atom. The number of hydrogen-bond donors (Lipinski definition) is 2. The summed E-state index contributed by atoms with van der Waals surface area (Å²) in [7, 11) is 0. The standard InChI is InChI=1S/C9H14BrNO2/c1-7(6-9(2,3)13)11-8(12)4-5-10/h7,13H,6H2,1-3H3,(H,11,12). The molecule has 0 saturated heterocycles. The van der Waals surface area contributed by atoms with Gasteiger partial charge in [-0.2, -0.15) is 0 Å². The Morgan fingerprint density at radius 3 is 2.62 bits per heavy atom. The summed E-state index contributed by atoms with van der Waals surface area (Å²) in [5.41, 5.74) is -0.769. The summed E-state index contributed by atoms with van der Waals surface area (Å²) in [6.45, 7) is 5.23. The Bertz CT molecular complexity index is 234. The van der Waals surface area contributed by atoms with E-state index in [0.717, 1.165) is 0 Å². The Morgan fingerprint density at radius 1 is 1.69 bits per heavy atom. The van der Waals surface area contributed by atoms with Crippen molar-refractivity contribution in [1.82, 2.24) is 5.32 Å². The van der Waals surface area contributed by atoms with Crippen LogP contribution < -0.4 is 5.32 Å². The predicted octanol–water partition coefficient (Wildman–Crippen LogP) is 1.01. The Balaban J connectivity index is 3.92. The number of nitrogens with one attached hydrogen (secondary N) is 1. The molecule has 0 aliphatic rings. The number of carbonyl (C=O) groups is 1. The predicted molar refractivity (Wildman–Crippen MR) is 55.2 cm³/mol. The molecule has 0 bridgehead atoms. The van der Waals surface area contributed by atoms with Gasteiger partial charge in [0.2, 0.25) is 0 Å². The van der Waals surface area contributed by atoms with Crippen LogP contribution in [0.3, 0.4) is 0 Å². The van der Waals surface area contributed by atoms with Gasteiger partial charge in [-0.25, -0.2) is 0 Å². The van der Waals surface area contributed by atoms with Crippen LogP contribution in [0.15, 0.2) is 0 Å². The molecule has 0 aromatic rings. The van der Waals surface area contributed by atoms with Crippen molar-refractivity contribution in [3.05, 3.63) is 0 Å². The first-order valence-electron chi connectivity index (χ1n) is 3.99. The van der Waals surface area contributed by atoms with Gasteiger partial charge >= 0.3 is 0 Å². The largest absolute Gasteiger partial charge is 0.390 e. The summed E-state index contributed by atoms with van der Waals surface area (Å²) in [4.78, 5) is 13.3. The van der Waals surface area contributed by atoms with Crippen LogP contribution in [-0.4, -0.2) is 22.7 Å². The minimum atomic E-state index is -0.769. The van der Waals surface area contributed by atoms with E-state index in [1.807, 2.05) is 6.92 Å². The third-order valence-corrected chi connectivity index (χ3v) is 1.54. The summed E-state index contributed by atoms with van der Waals surface area (Å²) < 4.78 is 0. The fraction of sp³-hybridized carbons (Fsp3) is 0.667. The summed E-state index contributed by atoms with van der Waals surface area (Å²) in [5.74, 6) is 1.96. The van der Waals surface area contributed by atoms with E-state index in [0.29, 0.717) is 6.42 Å². The number of aliphatic hydroxyl groups is 1. The zero-order valence-electron chi connectivity index (χ0n) is 8.02. The van der Waals surface area contributed by atoms with Gasteiger partial charge in [-0.15, -0.1) is 0 Å². The maximum Gasteiger partial charge on any atom is 0.296 e. The molecule has 0 heterocycles. The van der Waals surface area contributed by atoms with Gasteiger partial charge in [0.25, 0.3) is 5.91 Å². The molecule has 4 heteroatoms. The van der Waals surface area contributed by atoms with E-state index in [9.17, 15) is 9.90 Å². The van der Waals surface area contributed by atoms with Crippen molar-refractivity contribution in [2.24, 2.45) is 0 Å². The fourth-order valence-electron chi connectivity index (χ4n) is 1.10. The minimum absolute atomic E-state index is 0.0825. The van der Waals surface area contributed by atoms with Gasteiger partial charge in [0.05, 0.1) is 5.60 Å². The average molecular weight is 248 g/mol. The van der Waals surface area contributed by atoms with Crippen molar-refractivity contribution in [1.29, 1.82) is 0 Å². The highest BCUT2D eigenvalue weighted by Crippen LogP contribution is 2.09. The van der Waals surface area contributed by atoms with Gasteiger partial charge in [-0.3, -0.25) is 4.79 Å². The molecule has 0 aliphatic heterocycles. The van der Waals surface area contributed by atoms with Gasteiger partial charge in [-0.05, 0) is 32.0 Å². The minimum Gasteiger partial charge on any atom is -0.390 e. The molecule has 3 nitrogen and oxygen atoms in total. The van der Waals surface area contributed by atoms with Crippen molar-refractivity contribution < 1.29 is 9.90 Å². The van der Waals surface area contributed by atoms with Gasteiger partial charge in [0.15, 0.2) is 0 Å². The average Bonchev–Trinajstić information content (AvgIpc) is 1.81. The van der Waals surface area contributed by atoms with E-state index in [-0.39, 0.29) is 11.9 Å². The SMILES string of the molecule is CC(CC(C)(C)O)NC(=O)C#CBr. The molecule has 0 rings (SSSR count). The summed E-state index contributed by atoms with van der Waals surface area (Å²) in [6, 6.07) is -0.0825. The number of rotatable bonds is 3. The van der Waals surface area contributed by atoms with Gasteiger partial charge in [0.1, 0.15) is 0 Å². The molecule has 0 fully saturated rings. The molecular weight excluding hydrogens is 234 g/mol. The number of amides is 1. The summed E-state index contributed by atoms with van der Waals surface area (Å²) in [5, 5.41) is 12.1. The monoisotopic (exact) mass is 247 g/mol. The van der Waals surface area contributed by atoms with Crippen LogP contribution in [0.4, 0.5) is 0 Å². The smallest absolute Gasteiger partial charge is 0.296 e. The molecule has 1 amide bonds. The quantitative estimate of drug-likeness (QED) is 0.732. The zero-order valence-corrected chi connectivity index (χ0v) is 9.60. The topological polar surface area (TPSA) is 49.3 Å². The van der Waals surface area contributed by atoms with Crippen molar-refractivity contribution in [2.75, 3.05) is 0 Å². The van der Waals surface area contributed by atoms with Crippen molar-refractivity contribution in [2.45, 2.75) is 38.8 Å². The van der Waals surface area contributed by atoms with Crippen molar-refractivity contribution in [3.63, 3.8) is 0 Å². The lowest BCUT2D eigenvalue weighted by atomic mass is 10.0. The first-order chi connectivity index (χ1) is 5.85.